The van der Waals surface area contributed by atoms with Gasteiger partial charge in [0.25, 0.3) is 0 Å². The Morgan fingerprint density at radius 1 is 1.32 bits per heavy atom. The first-order chi connectivity index (χ1) is 8.81. The maximum atomic E-state index is 11.7. The highest BCUT2D eigenvalue weighted by atomic mass is 16.5. The zero-order chi connectivity index (χ0) is 14.5. The average molecular weight is 262 g/mol. The number of carbonyl (C=O) groups is 1. The molecule has 0 radical (unpaired) electrons. The monoisotopic (exact) mass is 262 g/mol. The molecule has 4 nitrogen and oxygen atoms in total. The zero-order valence-corrected chi connectivity index (χ0v) is 12.2. The summed E-state index contributed by atoms with van der Waals surface area (Å²) in [5, 5.41) is 5.43. The molecule has 0 aromatic heterocycles. The van der Waals surface area contributed by atoms with Gasteiger partial charge in [-0.1, -0.05) is 32.9 Å². The second-order valence-corrected chi connectivity index (χ2v) is 5.50. The van der Waals surface area contributed by atoms with Gasteiger partial charge in [0.2, 0.25) is 0 Å². The van der Waals surface area contributed by atoms with Gasteiger partial charge in [-0.3, -0.25) is 0 Å². The number of methoxy groups -OCH3 is 1. The van der Waals surface area contributed by atoms with Crippen LogP contribution in [-0.4, -0.2) is 13.1 Å². The minimum atomic E-state index is -0.288. The predicted molar refractivity (Wildman–Crippen MR) is 78.5 cm³/mol. The predicted octanol–water partition coefficient (Wildman–Crippen LogP) is 3.68. The number of hydrogen-bond acceptors (Lipinski definition) is 2. The first-order valence-corrected chi connectivity index (χ1v) is 6.22. The van der Waals surface area contributed by atoms with Gasteiger partial charge in [-0.25, -0.2) is 4.79 Å². The van der Waals surface area contributed by atoms with Gasteiger partial charge in [0.1, 0.15) is 5.75 Å². The Kier molecular flexibility index (Phi) is 4.98. The molecule has 4 heteroatoms. The van der Waals surface area contributed by atoms with Crippen molar-refractivity contribution < 1.29 is 9.53 Å². The van der Waals surface area contributed by atoms with Gasteiger partial charge in [0, 0.05) is 6.20 Å². The smallest absolute Gasteiger partial charge is 0.323 e. The van der Waals surface area contributed by atoms with E-state index in [4.69, 9.17) is 4.74 Å². The molecule has 104 valence electrons. The van der Waals surface area contributed by atoms with E-state index in [1.165, 1.54) is 0 Å². The average Bonchev–Trinajstić information content (AvgIpc) is 2.27. The minimum absolute atomic E-state index is 0.0360. The van der Waals surface area contributed by atoms with Crippen molar-refractivity contribution in [1.82, 2.24) is 5.32 Å². The van der Waals surface area contributed by atoms with Crippen LogP contribution >= 0.6 is 0 Å². The lowest BCUT2D eigenvalue weighted by atomic mass is 9.97. The molecule has 2 N–H and O–H groups in total. The number of urea groups is 1. The van der Waals surface area contributed by atoms with Gasteiger partial charge < -0.3 is 15.4 Å². The van der Waals surface area contributed by atoms with E-state index < -0.39 is 0 Å². The number of benzene rings is 1. The van der Waals surface area contributed by atoms with Gasteiger partial charge in [0.15, 0.2) is 0 Å². The van der Waals surface area contributed by atoms with Crippen molar-refractivity contribution in [3.63, 3.8) is 0 Å². The van der Waals surface area contributed by atoms with Gasteiger partial charge in [0.05, 0.1) is 12.8 Å². The molecule has 0 aliphatic carbocycles. The van der Waals surface area contributed by atoms with Crippen LogP contribution < -0.4 is 15.4 Å². The van der Waals surface area contributed by atoms with Crippen molar-refractivity contribution in [2.24, 2.45) is 5.41 Å². The number of nitrogens with one attached hydrogen (secondary N) is 2. The Labute approximate surface area is 114 Å². The van der Waals surface area contributed by atoms with E-state index in [-0.39, 0.29) is 11.4 Å². The summed E-state index contributed by atoms with van der Waals surface area (Å²) in [6.45, 7) is 8.15. The SMILES string of the molecule is COc1ccc(C)cc1NC(=O)N/C=C/C(C)(C)C. The van der Waals surface area contributed by atoms with Gasteiger partial charge in [-0.2, -0.15) is 0 Å². The first kappa shape index (κ1) is 15.1. The Morgan fingerprint density at radius 3 is 2.58 bits per heavy atom. The molecule has 0 unspecified atom stereocenters. The van der Waals surface area contributed by atoms with Crippen LogP contribution in [0.25, 0.3) is 0 Å². The standard InChI is InChI=1S/C15H22N2O2/c1-11-6-7-13(19-5)12(10-11)17-14(18)16-9-8-15(2,3)4/h6-10H,1-5H3,(H2,16,17,18)/b9-8+. The Hall–Kier alpha value is -1.97. The van der Waals surface area contributed by atoms with E-state index in [9.17, 15) is 4.79 Å². The van der Waals surface area contributed by atoms with Gasteiger partial charge in [-0.05, 0) is 30.0 Å². The molecule has 1 aromatic rings. The van der Waals surface area contributed by atoms with Crippen LogP contribution in [0, 0.1) is 12.3 Å². The molecule has 0 aliphatic heterocycles. The van der Waals surface area contributed by atoms with Crippen LogP contribution in [0.4, 0.5) is 10.5 Å². The molecule has 19 heavy (non-hydrogen) atoms. The Morgan fingerprint density at radius 2 is 2.00 bits per heavy atom. The van der Waals surface area contributed by atoms with Crippen LogP contribution in [0.1, 0.15) is 26.3 Å². The molecule has 0 aliphatic rings. The number of allylic oxidation sites excluding steroid dienone is 1. The fraction of sp³-hybridized carbons (Fsp3) is 0.400. The maximum Gasteiger partial charge on any atom is 0.323 e. The number of hydrogen-bond donors (Lipinski definition) is 2. The fourth-order valence-electron chi connectivity index (χ4n) is 1.45. The van der Waals surface area contributed by atoms with Crippen LogP contribution in [0.2, 0.25) is 0 Å². The topological polar surface area (TPSA) is 50.4 Å². The third-order valence-corrected chi connectivity index (χ3v) is 2.40. The van der Waals surface area contributed by atoms with Crippen LogP contribution in [0.15, 0.2) is 30.5 Å². The molecule has 0 heterocycles. The van der Waals surface area contributed by atoms with Crippen LogP contribution in [0.5, 0.6) is 5.75 Å². The third kappa shape index (κ3) is 5.46. The van der Waals surface area contributed by atoms with Crippen LogP contribution in [0.3, 0.4) is 0 Å². The van der Waals surface area contributed by atoms with E-state index in [0.717, 1.165) is 5.56 Å². The van der Waals surface area contributed by atoms with E-state index in [2.05, 4.69) is 31.4 Å². The summed E-state index contributed by atoms with van der Waals surface area (Å²) in [4.78, 5) is 11.7. The molecule has 0 fully saturated rings. The van der Waals surface area contributed by atoms with Crippen molar-refractivity contribution in [3.8, 4) is 5.75 Å². The van der Waals surface area contributed by atoms with Gasteiger partial charge in [-0.15, -0.1) is 0 Å². The molecular weight excluding hydrogens is 240 g/mol. The lowest BCUT2D eigenvalue weighted by molar-refractivity contribution is 0.255. The summed E-state index contributed by atoms with van der Waals surface area (Å²) in [7, 11) is 1.58. The largest absolute Gasteiger partial charge is 0.495 e. The van der Waals surface area contributed by atoms with Crippen molar-refractivity contribution in [1.29, 1.82) is 0 Å². The highest BCUT2D eigenvalue weighted by molar-refractivity contribution is 5.91. The third-order valence-electron chi connectivity index (χ3n) is 2.40. The molecule has 2 amide bonds. The van der Waals surface area contributed by atoms with Crippen molar-refractivity contribution >= 4 is 11.7 Å². The molecule has 1 aromatic carbocycles. The summed E-state index contributed by atoms with van der Waals surface area (Å²) < 4.78 is 5.20. The van der Waals surface area contributed by atoms with E-state index in [1.54, 1.807) is 13.3 Å². The lowest BCUT2D eigenvalue weighted by Gasteiger charge is -2.12. The summed E-state index contributed by atoms with van der Waals surface area (Å²) >= 11 is 0. The molecule has 0 spiro atoms. The highest BCUT2D eigenvalue weighted by Gasteiger charge is 2.07. The van der Waals surface area contributed by atoms with E-state index >= 15 is 0 Å². The number of amides is 2. The molecular formula is C15H22N2O2. The highest BCUT2D eigenvalue weighted by Crippen LogP contribution is 2.24. The quantitative estimate of drug-likeness (QED) is 0.873. The van der Waals surface area contributed by atoms with E-state index in [1.807, 2.05) is 31.2 Å². The van der Waals surface area contributed by atoms with Crippen LogP contribution in [-0.2, 0) is 0 Å². The zero-order valence-electron chi connectivity index (χ0n) is 12.2. The molecule has 0 bridgehead atoms. The summed E-state index contributed by atoms with van der Waals surface area (Å²) in [6.07, 6.45) is 3.58. The Balaban J connectivity index is 2.67. The summed E-state index contributed by atoms with van der Waals surface area (Å²) in [6, 6.07) is 5.34. The Bertz CT molecular complexity index is 474. The summed E-state index contributed by atoms with van der Waals surface area (Å²) in [5.41, 5.74) is 1.75. The van der Waals surface area contributed by atoms with Gasteiger partial charge >= 0.3 is 6.03 Å². The maximum absolute atomic E-state index is 11.7. The number of aryl methyl sites for hydroxylation is 1. The van der Waals surface area contributed by atoms with Crippen molar-refractivity contribution in [2.75, 3.05) is 12.4 Å². The van der Waals surface area contributed by atoms with E-state index in [0.29, 0.717) is 11.4 Å². The number of anilines is 1. The van der Waals surface area contributed by atoms with Crippen molar-refractivity contribution in [2.45, 2.75) is 27.7 Å². The second-order valence-electron chi connectivity index (χ2n) is 5.50. The number of rotatable bonds is 3. The molecule has 1 rings (SSSR count). The second kappa shape index (κ2) is 6.27. The molecule has 0 saturated carbocycles. The molecule has 0 saturated heterocycles. The first-order valence-electron chi connectivity index (χ1n) is 6.22. The molecule has 0 atom stereocenters. The fourth-order valence-corrected chi connectivity index (χ4v) is 1.45. The summed E-state index contributed by atoms with van der Waals surface area (Å²) in [5.74, 6) is 0.639. The number of ether oxygens (including phenoxy) is 1. The lowest BCUT2D eigenvalue weighted by Crippen LogP contribution is -2.24. The minimum Gasteiger partial charge on any atom is -0.495 e. The normalized spacial score (nSPS) is 11.4. The number of carbonyl (C=O) groups excluding carboxylic acids is 1. The van der Waals surface area contributed by atoms with Crippen molar-refractivity contribution in [3.05, 3.63) is 36.0 Å².